The van der Waals surface area contributed by atoms with Crippen LogP contribution in [0, 0.1) is 0 Å². The average molecular weight is 424 g/mol. The van der Waals surface area contributed by atoms with Gasteiger partial charge < -0.3 is 30.5 Å². The number of ether oxygens (including phenoxy) is 1. The van der Waals surface area contributed by atoms with E-state index < -0.39 is 12.2 Å². The van der Waals surface area contributed by atoms with E-state index in [-0.39, 0.29) is 19.0 Å². The lowest BCUT2D eigenvalue weighted by molar-refractivity contribution is 0.108. The molecule has 0 aliphatic rings. The van der Waals surface area contributed by atoms with E-state index in [0.717, 1.165) is 17.5 Å². The maximum absolute atomic E-state index is 10.3. The Morgan fingerprint density at radius 3 is 2.29 bits per heavy atom. The molecule has 2 atom stereocenters. The van der Waals surface area contributed by atoms with Crippen molar-refractivity contribution in [2.24, 2.45) is 0 Å². The molecule has 0 radical (unpaired) electrons. The van der Waals surface area contributed by atoms with Crippen molar-refractivity contribution in [3.63, 3.8) is 0 Å². The van der Waals surface area contributed by atoms with Crippen LogP contribution in [0.25, 0.3) is 0 Å². The molecule has 0 saturated carbocycles. The predicted octanol–water partition coefficient (Wildman–Crippen LogP) is 2.86. The van der Waals surface area contributed by atoms with Gasteiger partial charge in [-0.1, -0.05) is 48.5 Å². The molecule has 0 spiro atoms. The molecule has 0 amide bonds. The molecule has 3 rings (SSSR count). The van der Waals surface area contributed by atoms with Crippen LogP contribution in [-0.4, -0.2) is 40.1 Å². The van der Waals surface area contributed by atoms with Crippen molar-refractivity contribution in [2.45, 2.75) is 25.2 Å². The van der Waals surface area contributed by atoms with Gasteiger partial charge in [-0.05, 0) is 53.9 Å². The standard InChI is InChI=1S/C25H29NO5/c27-16-21-14-20(8-11-23(21)28)24(29)15-26-13-12-18-6-9-22(10-7-18)31-17-25(30)19-4-2-1-3-5-19/h1-11,14,24-30H,12-13,15-17H2/t24-,25+/m0/s1. The largest absolute Gasteiger partial charge is 0.508 e. The van der Waals surface area contributed by atoms with Gasteiger partial charge in [-0.3, -0.25) is 0 Å². The van der Waals surface area contributed by atoms with Crippen LogP contribution in [0.3, 0.4) is 0 Å². The Balaban J connectivity index is 1.39. The summed E-state index contributed by atoms with van der Waals surface area (Å²) in [6.07, 6.45) is -0.604. The van der Waals surface area contributed by atoms with E-state index in [1.165, 1.54) is 6.07 Å². The van der Waals surface area contributed by atoms with Crippen LogP contribution in [0.4, 0.5) is 0 Å². The minimum atomic E-state index is -0.724. The number of aliphatic hydroxyl groups is 3. The summed E-state index contributed by atoms with van der Waals surface area (Å²) in [6, 6.07) is 21.9. The molecule has 164 valence electrons. The Morgan fingerprint density at radius 1 is 0.839 bits per heavy atom. The van der Waals surface area contributed by atoms with Crippen LogP contribution in [0.2, 0.25) is 0 Å². The van der Waals surface area contributed by atoms with Crippen LogP contribution in [0.15, 0.2) is 72.8 Å². The van der Waals surface area contributed by atoms with Gasteiger partial charge in [0.25, 0.3) is 0 Å². The summed E-state index contributed by atoms with van der Waals surface area (Å²) >= 11 is 0. The normalized spacial score (nSPS) is 13.0. The third-order valence-corrected chi connectivity index (χ3v) is 5.10. The van der Waals surface area contributed by atoms with Gasteiger partial charge in [0.05, 0.1) is 12.7 Å². The maximum Gasteiger partial charge on any atom is 0.121 e. The van der Waals surface area contributed by atoms with Gasteiger partial charge in [0.1, 0.15) is 24.2 Å². The molecule has 6 nitrogen and oxygen atoms in total. The summed E-state index contributed by atoms with van der Waals surface area (Å²) in [5.41, 5.74) is 3.00. The van der Waals surface area contributed by atoms with E-state index in [1.54, 1.807) is 12.1 Å². The zero-order valence-electron chi connectivity index (χ0n) is 17.3. The Labute approximate surface area is 182 Å². The van der Waals surface area contributed by atoms with Crippen LogP contribution >= 0.6 is 0 Å². The predicted molar refractivity (Wildman–Crippen MR) is 119 cm³/mol. The number of hydrogen-bond acceptors (Lipinski definition) is 6. The molecule has 0 bridgehead atoms. The fraction of sp³-hybridized carbons (Fsp3) is 0.280. The molecule has 0 fully saturated rings. The van der Waals surface area contributed by atoms with Gasteiger partial charge in [0.2, 0.25) is 0 Å². The monoisotopic (exact) mass is 423 g/mol. The number of hydrogen-bond donors (Lipinski definition) is 5. The van der Waals surface area contributed by atoms with Crippen LogP contribution in [0.5, 0.6) is 11.5 Å². The minimum Gasteiger partial charge on any atom is -0.508 e. The molecule has 0 heterocycles. The Kier molecular flexibility index (Phi) is 8.44. The number of aromatic hydroxyl groups is 1. The molecule has 6 heteroatoms. The Morgan fingerprint density at radius 2 is 1.58 bits per heavy atom. The SMILES string of the molecule is OCc1cc([C@@H](O)CNCCc2ccc(OC[C@@H](O)c3ccccc3)cc2)ccc1O. The summed E-state index contributed by atoms with van der Waals surface area (Å²) in [6.45, 7) is 0.978. The molecule has 0 aromatic heterocycles. The third-order valence-electron chi connectivity index (χ3n) is 5.10. The number of nitrogens with one attached hydrogen (secondary N) is 1. The van der Waals surface area contributed by atoms with E-state index in [2.05, 4.69) is 5.32 Å². The molecule has 0 aliphatic heterocycles. The number of benzene rings is 3. The second-order valence-corrected chi connectivity index (χ2v) is 7.40. The van der Waals surface area contributed by atoms with E-state index in [9.17, 15) is 20.4 Å². The van der Waals surface area contributed by atoms with Crippen molar-refractivity contribution < 1.29 is 25.2 Å². The minimum absolute atomic E-state index is 0.0217. The lowest BCUT2D eigenvalue weighted by Crippen LogP contribution is -2.23. The third kappa shape index (κ3) is 6.80. The number of rotatable bonds is 11. The van der Waals surface area contributed by atoms with Crippen molar-refractivity contribution in [3.8, 4) is 11.5 Å². The number of phenols is 1. The van der Waals surface area contributed by atoms with Gasteiger partial charge in [0.15, 0.2) is 0 Å². The van der Waals surface area contributed by atoms with Crippen molar-refractivity contribution in [2.75, 3.05) is 19.7 Å². The summed E-state index contributed by atoms with van der Waals surface area (Å²) in [4.78, 5) is 0. The van der Waals surface area contributed by atoms with Gasteiger partial charge >= 0.3 is 0 Å². The first-order valence-electron chi connectivity index (χ1n) is 10.3. The Hall–Kier alpha value is -2.90. The molecule has 0 saturated heterocycles. The molecule has 3 aromatic rings. The summed E-state index contributed by atoms with van der Waals surface area (Å²) < 4.78 is 5.68. The van der Waals surface area contributed by atoms with Crippen LogP contribution in [0.1, 0.15) is 34.5 Å². The zero-order valence-corrected chi connectivity index (χ0v) is 17.3. The van der Waals surface area contributed by atoms with Crippen molar-refractivity contribution in [1.29, 1.82) is 0 Å². The molecular formula is C25H29NO5. The second kappa shape index (κ2) is 11.5. The van der Waals surface area contributed by atoms with E-state index in [0.29, 0.717) is 30.0 Å². The highest BCUT2D eigenvalue weighted by Gasteiger charge is 2.10. The van der Waals surface area contributed by atoms with Crippen LogP contribution < -0.4 is 10.1 Å². The molecular weight excluding hydrogens is 394 g/mol. The number of aliphatic hydroxyl groups excluding tert-OH is 3. The summed E-state index contributed by atoms with van der Waals surface area (Å²) in [7, 11) is 0. The first-order valence-corrected chi connectivity index (χ1v) is 10.3. The van der Waals surface area contributed by atoms with Gasteiger partial charge in [-0.15, -0.1) is 0 Å². The molecule has 0 aliphatic carbocycles. The van der Waals surface area contributed by atoms with E-state index >= 15 is 0 Å². The van der Waals surface area contributed by atoms with E-state index in [4.69, 9.17) is 4.74 Å². The summed E-state index contributed by atoms with van der Waals surface area (Å²) in [5, 5.41) is 42.5. The maximum atomic E-state index is 10.3. The van der Waals surface area contributed by atoms with Gasteiger partial charge in [-0.2, -0.15) is 0 Å². The molecule has 0 unspecified atom stereocenters. The first kappa shape index (κ1) is 22.8. The van der Waals surface area contributed by atoms with Crippen molar-refractivity contribution in [3.05, 3.63) is 95.1 Å². The fourth-order valence-corrected chi connectivity index (χ4v) is 3.23. The average Bonchev–Trinajstić information content (AvgIpc) is 2.81. The van der Waals surface area contributed by atoms with Gasteiger partial charge in [-0.25, -0.2) is 0 Å². The lowest BCUT2D eigenvalue weighted by atomic mass is 10.1. The quantitative estimate of drug-likeness (QED) is 0.304. The highest BCUT2D eigenvalue weighted by atomic mass is 16.5. The summed E-state index contributed by atoms with van der Waals surface area (Å²) in [5.74, 6) is 0.725. The smallest absolute Gasteiger partial charge is 0.121 e. The second-order valence-electron chi connectivity index (χ2n) is 7.40. The first-order chi connectivity index (χ1) is 15.1. The topological polar surface area (TPSA) is 102 Å². The van der Waals surface area contributed by atoms with Crippen LogP contribution in [-0.2, 0) is 13.0 Å². The lowest BCUT2D eigenvalue weighted by Gasteiger charge is -2.14. The molecule has 31 heavy (non-hydrogen) atoms. The highest BCUT2D eigenvalue weighted by molar-refractivity contribution is 5.36. The van der Waals surface area contributed by atoms with Crippen molar-refractivity contribution in [1.82, 2.24) is 5.32 Å². The highest BCUT2D eigenvalue weighted by Crippen LogP contribution is 2.22. The van der Waals surface area contributed by atoms with Gasteiger partial charge in [0, 0.05) is 12.1 Å². The Bertz CT molecular complexity index is 930. The fourth-order valence-electron chi connectivity index (χ4n) is 3.23. The molecule has 5 N–H and O–H groups in total. The van der Waals surface area contributed by atoms with Crippen molar-refractivity contribution >= 4 is 0 Å². The van der Waals surface area contributed by atoms with E-state index in [1.807, 2.05) is 54.6 Å². The zero-order chi connectivity index (χ0) is 22.1. The molecule has 3 aromatic carbocycles.